The highest BCUT2D eigenvalue weighted by Gasteiger charge is 2.21. The summed E-state index contributed by atoms with van der Waals surface area (Å²) < 4.78 is 0. The van der Waals surface area contributed by atoms with E-state index in [1.54, 1.807) is 20.0 Å². The van der Waals surface area contributed by atoms with E-state index in [9.17, 15) is 5.11 Å². The number of hydrogen-bond donors (Lipinski definition) is 1. The average Bonchev–Trinajstić information content (AvgIpc) is 2.03. The normalized spacial score (nSPS) is 12.2. The fourth-order valence-corrected chi connectivity index (χ4v) is 1.39. The van der Waals surface area contributed by atoms with Crippen LogP contribution in [-0.2, 0) is 5.60 Å². The lowest BCUT2D eigenvalue weighted by molar-refractivity contribution is 0.0768. The van der Waals surface area contributed by atoms with E-state index in [4.69, 9.17) is 0 Å². The van der Waals surface area contributed by atoms with Gasteiger partial charge in [0.25, 0.3) is 0 Å². The molecule has 0 unspecified atom stereocenters. The molecular weight excluding hydrogens is 162 g/mol. The van der Waals surface area contributed by atoms with E-state index in [0.29, 0.717) is 5.92 Å². The SMILES string of the molecule is CC(C)c1ncccc1C(C)(C)O. The number of nitrogens with zero attached hydrogens (tertiary/aromatic N) is 1. The van der Waals surface area contributed by atoms with E-state index in [0.717, 1.165) is 11.3 Å². The Morgan fingerprint density at radius 1 is 1.38 bits per heavy atom. The summed E-state index contributed by atoms with van der Waals surface area (Å²) >= 11 is 0. The second kappa shape index (κ2) is 3.46. The molecule has 1 rings (SSSR count). The van der Waals surface area contributed by atoms with Crippen molar-refractivity contribution in [1.29, 1.82) is 0 Å². The molecule has 0 aliphatic rings. The maximum Gasteiger partial charge on any atom is 0.0858 e. The molecule has 2 heteroatoms. The van der Waals surface area contributed by atoms with Crippen LogP contribution in [0, 0.1) is 0 Å². The lowest BCUT2D eigenvalue weighted by Crippen LogP contribution is -2.19. The fraction of sp³-hybridized carbons (Fsp3) is 0.545. The van der Waals surface area contributed by atoms with E-state index in [1.165, 1.54) is 0 Å². The molecule has 1 aromatic heterocycles. The molecule has 72 valence electrons. The summed E-state index contributed by atoms with van der Waals surface area (Å²) in [5.74, 6) is 0.350. The van der Waals surface area contributed by atoms with Gasteiger partial charge in [-0.15, -0.1) is 0 Å². The Hall–Kier alpha value is -0.890. The highest BCUT2D eigenvalue weighted by Crippen LogP contribution is 2.26. The van der Waals surface area contributed by atoms with Gasteiger partial charge in [-0.3, -0.25) is 4.98 Å². The minimum Gasteiger partial charge on any atom is -0.386 e. The number of aliphatic hydroxyl groups is 1. The van der Waals surface area contributed by atoms with Gasteiger partial charge in [0.2, 0.25) is 0 Å². The van der Waals surface area contributed by atoms with Crippen molar-refractivity contribution in [2.75, 3.05) is 0 Å². The molecule has 1 aromatic rings. The summed E-state index contributed by atoms with van der Waals surface area (Å²) in [6, 6.07) is 3.79. The second-order valence-electron chi connectivity index (χ2n) is 4.15. The highest BCUT2D eigenvalue weighted by molar-refractivity contribution is 5.27. The third-order valence-electron chi connectivity index (χ3n) is 2.04. The Bertz CT molecular complexity index is 286. The molecule has 0 bridgehead atoms. The average molecular weight is 179 g/mol. The molecule has 0 radical (unpaired) electrons. The maximum absolute atomic E-state index is 9.88. The summed E-state index contributed by atoms with van der Waals surface area (Å²) in [5.41, 5.74) is 1.11. The summed E-state index contributed by atoms with van der Waals surface area (Å²) in [7, 11) is 0. The molecule has 1 N–H and O–H groups in total. The van der Waals surface area contributed by atoms with Gasteiger partial charge in [-0.1, -0.05) is 19.9 Å². The smallest absolute Gasteiger partial charge is 0.0858 e. The predicted molar refractivity (Wildman–Crippen MR) is 53.6 cm³/mol. The molecule has 0 aliphatic carbocycles. The molecule has 0 spiro atoms. The zero-order valence-corrected chi connectivity index (χ0v) is 8.70. The lowest BCUT2D eigenvalue weighted by atomic mass is 9.92. The van der Waals surface area contributed by atoms with Gasteiger partial charge in [-0.2, -0.15) is 0 Å². The summed E-state index contributed by atoms with van der Waals surface area (Å²) in [5, 5.41) is 9.88. The molecule has 13 heavy (non-hydrogen) atoms. The Labute approximate surface area is 79.6 Å². The lowest BCUT2D eigenvalue weighted by Gasteiger charge is -2.22. The molecule has 1 heterocycles. The number of hydrogen-bond acceptors (Lipinski definition) is 2. The minimum absolute atomic E-state index is 0.350. The van der Waals surface area contributed by atoms with Crippen LogP contribution in [0.15, 0.2) is 18.3 Å². The van der Waals surface area contributed by atoms with Crippen molar-refractivity contribution in [2.45, 2.75) is 39.2 Å². The zero-order valence-electron chi connectivity index (χ0n) is 8.70. The fourth-order valence-electron chi connectivity index (χ4n) is 1.39. The molecule has 0 atom stereocenters. The molecule has 0 saturated carbocycles. The van der Waals surface area contributed by atoms with Crippen molar-refractivity contribution in [3.8, 4) is 0 Å². The van der Waals surface area contributed by atoms with Gasteiger partial charge in [0.05, 0.1) is 5.60 Å². The van der Waals surface area contributed by atoms with E-state index in [2.05, 4.69) is 18.8 Å². The number of aromatic nitrogens is 1. The van der Waals surface area contributed by atoms with Crippen LogP contribution >= 0.6 is 0 Å². The van der Waals surface area contributed by atoms with Crippen molar-refractivity contribution in [1.82, 2.24) is 4.98 Å². The Kier molecular flexibility index (Phi) is 2.71. The zero-order chi connectivity index (χ0) is 10.1. The minimum atomic E-state index is -0.798. The number of rotatable bonds is 2. The van der Waals surface area contributed by atoms with Crippen LogP contribution in [-0.4, -0.2) is 10.1 Å². The van der Waals surface area contributed by atoms with E-state index < -0.39 is 5.60 Å². The van der Waals surface area contributed by atoms with Gasteiger partial charge in [-0.25, -0.2) is 0 Å². The van der Waals surface area contributed by atoms with Crippen molar-refractivity contribution in [3.63, 3.8) is 0 Å². The van der Waals surface area contributed by atoms with Crippen LogP contribution in [0.25, 0.3) is 0 Å². The molecular formula is C11H17NO. The Morgan fingerprint density at radius 3 is 2.38 bits per heavy atom. The standard InChI is InChI=1S/C11H17NO/c1-8(2)10-9(11(3,4)13)6-5-7-12-10/h5-8,13H,1-4H3. The van der Waals surface area contributed by atoms with Gasteiger partial charge in [0, 0.05) is 17.5 Å². The topological polar surface area (TPSA) is 33.1 Å². The molecule has 2 nitrogen and oxygen atoms in total. The first-order valence-corrected chi connectivity index (χ1v) is 4.60. The van der Waals surface area contributed by atoms with Crippen LogP contribution in [0.4, 0.5) is 0 Å². The van der Waals surface area contributed by atoms with Crippen LogP contribution in [0.5, 0.6) is 0 Å². The van der Waals surface area contributed by atoms with Crippen molar-refractivity contribution < 1.29 is 5.11 Å². The molecule has 0 aliphatic heterocycles. The first kappa shape index (κ1) is 10.2. The van der Waals surface area contributed by atoms with Gasteiger partial charge in [-0.05, 0) is 25.8 Å². The highest BCUT2D eigenvalue weighted by atomic mass is 16.3. The summed E-state index contributed by atoms with van der Waals surface area (Å²) in [6.45, 7) is 7.74. The summed E-state index contributed by atoms with van der Waals surface area (Å²) in [6.07, 6.45) is 1.77. The monoisotopic (exact) mass is 179 g/mol. The van der Waals surface area contributed by atoms with E-state index in [-0.39, 0.29) is 0 Å². The van der Waals surface area contributed by atoms with E-state index in [1.807, 2.05) is 12.1 Å². The summed E-state index contributed by atoms with van der Waals surface area (Å²) in [4.78, 5) is 4.28. The third kappa shape index (κ3) is 2.28. The maximum atomic E-state index is 9.88. The quantitative estimate of drug-likeness (QED) is 0.756. The number of pyridine rings is 1. The van der Waals surface area contributed by atoms with Crippen LogP contribution in [0.1, 0.15) is 44.9 Å². The molecule has 0 amide bonds. The Morgan fingerprint density at radius 2 is 2.00 bits per heavy atom. The van der Waals surface area contributed by atoms with Crippen molar-refractivity contribution in [3.05, 3.63) is 29.6 Å². The van der Waals surface area contributed by atoms with E-state index >= 15 is 0 Å². The molecule has 0 fully saturated rings. The van der Waals surface area contributed by atoms with Gasteiger partial charge >= 0.3 is 0 Å². The van der Waals surface area contributed by atoms with Gasteiger partial charge in [0.1, 0.15) is 0 Å². The molecule has 0 aromatic carbocycles. The largest absolute Gasteiger partial charge is 0.386 e. The molecule has 0 saturated heterocycles. The first-order chi connectivity index (χ1) is 5.93. The van der Waals surface area contributed by atoms with Crippen molar-refractivity contribution >= 4 is 0 Å². The van der Waals surface area contributed by atoms with Crippen molar-refractivity contribution in [2.24, 2.45) is 0 Å². The predicted octanol–water partition coefficient (Wildman–Crippen LogP) is 2.43. The first-order valence-electron chi connectivity index (χ1n) is 4.60. The van der Waals surface area contributed by atoms with Gasteiger partial charge < -0.3 is 5.11 Å². The van der Waals surface area contributed by atoms with Crippen LogP contribution < -0.4 is 0 Å². The third-order valence-corrected chi connectivity index (χ3v) is 2.04. The van der Waals surface area contributed by atoms with Crippen LogP contribution in [0.2, 0.25) is 0 Å². The van der Waals surface area contributed by atoms with Gasteiger partial charge in [0.15, 0.2) is 0 Å². The van der Waals surface area contributed by atoms with Crippen LogP contribution in [0.3, 0.4) is 0 Å². The second-order valence-corrected chi connectivity index (χ2v) is 4.15. The Balaban J connectivity index is 3.20.